The zero-order valence-corrected chi connectivity index (χ0v) is 12.3. The number of carbonyl (C=O) groups excluding carboxylic acids is 1. The fraction of sp³-hybridized carbons (Fsp3) is 0.133. The lowest BCUT2D eigenvalue weighted by Gasteiger charge is -2.06. The lowest BCUT2D eigenvalue weighted by atomic mass is 10.1. The molecule has 0 spiro atoms. The number of benzene rings is 1. The van der Waals surface area contributed by atoms with Crippen molar-refractivity contribution in [3.8, 4) is 0 Å². The molecule has 2 aromatic rings. The second-order valence-corrected chi connectivity index (χ2v) is 5.08. The molecule has 6 heteroatoms. The van der Waals surface area contributed by atoms with Gasteiger partial charge in [-0.2, -0.15) is 0 Å². The average Bonchev–Trinajstić information content (AvgIpc) is 2.45. The topological polar surface area (TPSA) is 88.0 Å². The summed E-state index contributed by atoms with van der Waals surface area (Å²) in [4.78, 5) is 26.8. The smallest absolute Gasteiger partial charge is 0.257 e. The molecule has 1 aromatic heterocycles. The summed E-state index contributed by atoms with van der Waals surface area (Å²) in [6, 6.07) is 8.64. The van der Waals surface area contributed by atoms with Crippen molar-refractivity contribution in [1.29, 1.82) is 0 Å². The monoisotopic (exact) mass is 301 g/mol. The number of pyridine rings is 1. The molecule has 0 saturated heterocycles. The number of thiocarbonyl (C=S) groups is 1. The molecular weight excluding hydrogens is 286 g/mol. The number of amides is 1. The van der Waals surface area contributed by atoms with Crippen molar-refractivity contribution in [1.82, 2.24) is 10.3 Å². The third kappa shape index (κ3) is 3.76. The van der Waals surface area contributed by atoms with E-state index in [2.05, 4.69) is 10.3 Å². The normalized spacial score (nSPS) is 10.1. The van der Waals surface area contributed by atoms with Crippen LogP contribution in [0.15, 0.2) is 41.3 Å². The van der Waals surface area contributed by atoms with Crippen LogP contribution in [0.1, 0.15) is 27.2 Å². The summed E-state index contributed by atoms with van der Waals surface area (Å²) in [5, 5.41) is 2.70. The number of H-pyrrole nitrogens is 1. The van der Waals surface area contributed by atoms with Crippen molar-refractivity contribution >= 4 is 23.1 Å². The minimum Gasteiger partial charge on any atom is -0.389 e. The highest BCUT2D eigenvalue weighted by molar-refractivity contribution is 7.80. The highest BCUT2D eigenvalue weighted by atomic mass is 32.1. The van der Waals surface area contributed by atoms with Gasteiger partial charge in [0.1, 0.15) is 10.6 Å². The van der Waals surface area contributed by atoms with Crippen molar-refractivity contribution in [2.24, 2.45) is 5.73 Å². The number of aryl methyl sites for hydroxylation is 1. The van der Waals surface area contributed by atoms with Crippen molar-refractivity contribution < 1.29 is 4.79 Å². The molecule has 0 aliphatic rings. The Labute approximate surface area is 127 Å². The van der Waals surface area contributed by atoms with Crippen LogP contribution in [0, 0.1) is 6.92 Å². The Balaban J connectivity index is 2.04. The molecule has 4 N–H and O–H groups in total. The summed E-state index contributed by atoms with van der Waals surface area (Å²) in [6.45, 7) is 2.08. The van der Waals surface area contributed by atoms with Gasteiger partial charge < -0.3 is 16.0 Å². The lowest BCUT2D eigenvalue weighted by molar-refractivity contribution is 0.0949. The molecule has 0 atom stereocenters. The van der Waals surface area contributed by atoms with Gasteiger partial charge in [0.25, 0.3) is 5.91 Å². The molecule has 21 heavy (non-hydrogen) atoms. The Hall–Kier alpha value is -2.47. The number of nitrogens with one attached hydrogen (secondary N) is 2. The fourth-order valence-corrected chi connectivity index (χ4v) is 1.95. The first-order valence-corrected chi connectivity index (χ1v) is 6.74. The van der Waals surface area contributed by atoms with E-state index in [1.807, 2.05) is 12.1 Å². The van der Waals surface area contributed by atoms with Crippen molar-refractivity contribution in [3.63, 3.8) is 0 Å². The molecule has 0 bridgehead atoms. The number of carbonyl (C=O) groups is 1. The minimum atomic E-state index is -0.408. The maximum Gasteiger partial charge on any atom is 0.257 e. The number of nitrogens with two attached hydrogens (primary N) is 1. The Morgan fingerprint density at radius 3 is 2.57 bits per heavy atom. The molecule has 1 amide bonds. The first kappa shape index (κ1) is 14.9. The number of aromatic amines is 1. The van der Waals surface area contributed by atoms with E-state index in [0.717, 1.165) is 11.1 Å². The van der Waals surface area contributed by atoms with Crippen LogP contribution >= 0.6 is 12.2 Å². The standard InChI is InChI=1S/C15H15N3O2S/c1-9-6-13(19)12(8-17-9)15(20)18-7-10-2-4-11(5-3-10)14(16)21/h2-6,8H,7H2,1H3,(H2,16,21)(H,17,19)(H,18,20). The van der Waals surface area contributed by atoms with E-state index in [4.69, 9.17) is 18.0 Å². The summed E-state index contributed by atoms with van der Waals surface area (Å²) in [6.07, 6.45) is 1.42. The zero-order chi connectivity index (χ0) is 15.4. The van der Waals surface area contributed by atoms with E-state index in [1.54, 1.807) is 19.1 Å². The maximum atomic E-state index is 12.0. The van der Waals surface area contributed by atoms with E-state index in [-0.39, 0.29) is 11.0 Å². The van der Waals surface area contributed by atoms with Gasteiger partial charge in [-0.15, -0.1) is 0 Å². The Morgan fingerprint density at radius 2 is 2.00 bits per heavy atom. The molecule has 0 radical (unpaired) electrons. The van der Waals surface area contributed by atoms with E-state index < -0.39 is 5.91 Å². The van der Waals surface area contributed by atoms with Crippen LogP contribution in [0.4, 0.5) is 0 Å². The third-order valence-corrected chi connectivity index (χ3v) is 3.23. The first-order valence-electron chi connectivity index (χ1n) is 6.33. The molecular formula is C15H15N3O2S. The van der Waals surface area contributed by atoms with Crippen LogP contribution in [-0.4, -0.2) is 15.9 Å². The minimum absolute atomic E-state index is 0.0976. The predicted octanol–water partition coefficient (Wildman–Crippen LogP) is 1.25. The number of rotatable bonds is 4. The lowest BCUT2D eigenvalue weighted by Crippen LogP contribution is -2.28. The van der Waals surface area contributed by atoms with Crippen LogP contribution in [-0.2, 0) is 6.54 Å². The van der Waals surface area contributed by atoms with Crippen molar-refractivity contribution in [2.75, 3.05) is 0 Å². The first-order chi connectivity index (χ1) is 9.97. The number of hydrogen-bond acceptors (Lipinski definition) is 3. The maximum absolute atomic E-state index is 12.0. The molecule has 5 nitrogen and oxygen atoms in total. The van der Waals surface area contributed by atoms with Gasteiger partial charge in [0.15, 0.2) is 5.43 Å². The second kappa shape index (κ2) is 6.32. The Morgan fingerprint density at radius 1 is 1.33 bits per heavy atom. The SMILES string of the molecule is Cc1cc(=O)c(C(=O)NCc2ccc(C(N)=S)cc2)c[nH]1. The van der Waals surface area contributed by atoms with Crippen LogP contribution in [0.25, 0.3) is 0 Å². The number of hydrogen-bond donors (Lipinski definition) is 3. The van der Waals surface area contributed by atoms with E-state index in [0.29, 0.717) is 17.2 Å². The molecule has 0 saturated carbocycles. The summed E-state index contributed by atoms with van der Waals surface area (Å²) in [5.74, 6) is -0.408. The Bertz CT molecular complexity index is 735. The van der Waals surface area contributed by atoms with Gasteiger partial charge in [-0.3, -0.25) is 9.59 Å². The average molecular weight is 301 g/mol. The molecule has 0 aliphatic carbocycles. The molecule has 108 valence electrons. The highest BCUT2D eigenvalue weighted by Gasteiger charge is 2.09. The summed E-state index contributed by atoms with van der Waals surface area (Å²) < 4.78 is 0. The van der Waals surface area contributed by atoms with Crippen LogP contribution in [0.5, 0.6) is 0 Å². The summed E-state index contributed by atoms with van der Waals surface area (Å²) in [7, 11) is 0. The zero-order valence-electron chi connectivity index (χ0n) is 11.5. The summed E-state index contributed by atoms with van der Waals surface area (Å²) in [5.41, 5.74) is 7.69. The van der Waals surface area contributed by atoms with Crippen LogP contribution < -0.4 is 16.5 Å². The van der Waals surface area contributed by atoms with E-state index in [1.165, 1.54) is 12.3 Å². The van der Waals surface area contributed by atoms with Gasteiger partial charge in [-0.25, -0.2) is 0 Å². The van der Waals surface area contributed by atoms with E-state index >= 15 is 0 Å². The van der Waals surface area contributed by atoms with Gasteiger partial charge in [0.05, 0.1) is 0 Å². The molecule has 2 rings (SSSR count). The van der Waals surface area contributed by atoms with Crippen molar-refractivity contribution in [2.45, 2.75) is 13.5 Å². The van der Waals surface area contributed by atoms with Gasteiger partial charge in [0.2, 0.25) is 0 Å². The third-order valence-electron chi connectivity index (χ3n) is 2.99. The van der Waals surface area contributed by atoms with Crippen LogP contribution in [0.2, 0.25) is 0 Å². The molecule has 0 fully saturated rings. The Kier molecular flexibility index (Phi) is 4.49. The second-order valence-electron chi connectivity index (χ2n) is 4.64. The molecule has 1 heterocycles. The van der Waals surface area contributed by atoms with Gasteiger partial charge in [-0.05, 0) is 12.5 Å². The van der Waals surface area contributed by atoms with Gasteiger partial charge in [-0.1, -0.05) is 36.5 Å². The van der Waals surface area contributed by atoms with Crippen LogP contribution in [0.3, 0.4) is 0 Å². The molecule has 0 unspecified atom stereocenters. The fourth-order valence-electron chi connectivity index (χ4n) is 1.82. The van der Waals surface area contributed by atoms with Crippen molar-refractivity contribution in [3.05, 3.63) is 69.1 Å². The largest absolute Gasteiger partial charge is 0.389 e. The quantitative estimate of drug-likeness (QED) is 0.742. The van der Waals surface area contributed by atoms with Gasteiger partial charge in [0, 0.05) is 30.1 Å². The highest BCUT2D eigenvalue weighted by Crippen LogP contribution is 2.04. The van der Waals surface area contributed by atoms with Gasteiger partial charge >= 0.3 is 0 Å². The molecule has 1 aromatic carbocycles. The number of aromatic nitrogens is 1. The molecule has 0 aliphatic heterocycles. The predicted molar refractivity (Wildman–Crippen MR) is 85.3 cm³/mol. The van der Waals surface area contributed by atoms with E-state index in [9.17, 15) is 9.59 Å². The summed E-state index contributed by atoms with van der Waals surface area (Å²) >= 11 is 4.87.